The van der Waals surface area contributed by atoms with E-state index in [0.29, 0.717) is 5.41 Å². The van der Waals surface area contributed by atoms with Gasteiger partial charge in [0.15, 0.2) is 0 Å². The molecule has 4 unspecified atom stereocenters. The lowest BCUT2D eigenvalue weighted by Gasteiger charge is -2.49. The molecule has 0 N–H and O–H groups in total. The van der Waals surface area contributed by atoms with Crippen LogP contribution in [-0.2, 0) is 0 Å². The van der Waals surface area contributed by atoms with Crippen LogP contribution in [0, 0.1) is 40.9 Å². The zero-order valence-corrected chi connectivity index (χ0v) is 23.1. The van der Waals surface area contributed by atoms with E-state index >= 15 is 0 Å². The van der Waals surface area contributed by atoms with Crippen LogP contribution in [-0.4, -0.2) is 0 Å². The Morgan fingerprint density at radius 1 is 1.09 bits per heavy atom. The molecule has 0 saturated heterocycles. The highest BCUT2D eigenvalue weighted by Gasteiger charge is 2.52. The number of unbranched alkanes of at least 4 members (excludes halogenated alkanes) is 1. The SMILES string of the molecule is C=C(C)C[C@H]1CCCC2CC[C@]3(C)C(CCCCC(C)C)CCC3C2C/C=C(\C)C1.CC. The van der Waals surface area contributed by atoms with Gasteiger partial charge in [0.2, 0.25) is 0 Å². The molecule has 0 aromatic rings. The summed E-state index contributed by atoms with van der Waals surface area (Å²) in [6.07, 6.45) is 22.9. The van der Waals surface area contributed by atoms with Crippen molar-refractivity contribution in [3.8, 4) is 0 Å². The van der Waals surface area contributed by atoms with Crippen LogP contribution in [0.2, 0.25) is 0 Å². The molecule has 0 amide bonds. The maximum absolute atomic E-state index is 4.20. The van der Waals surface area contributed by atoms with Gasteiger partial charge in [-0.2, -0.15) is 0 Å². The summed E-state index contributed by atoms with van der Waals surface area (Å²) in [6, 6.07) is 0. The molecule has 32 heavy (non-hydrogen) atoms. The minimum absolute atomic E-state index is 0.646. The molecule has 0 heteroatoms. The zero-order chi connectivity index (χ0) is 23.7. The van der Waals surface area contributed by atoms with E-state index < -0.39 is 0 Å². The maximum atomic E-state index is 4.20. The third-order valence-electron chi connectivity index (χ3n) is 9.54. The van der Waals surface area contributed by atoms with Crippen molar-refractivity contribution in [2.24, 2.45) is 40.9 Å². The van der Waals surface area contributed by atoms with Crippen molar-refractivity contribution >= 4 is 0 Å². The highest BCUT2D eigenvalue weighted by Crippen LogP contribution is 2.61. The molecule has 0 bridgehead atoms. The summed E-state index contributed by atoms with van der Waals surface area (Å²) in [6.45, 7) is 20.3. The number of allylic oxidation sites excluding steroid dienone is 3. The Morgan fingerprint density at radius 3 is 2.53 bits per heavy atom. The highest BCUT2D eigenvalue weighted by atomic mass is 14.6. The normalized spacial score (nSPS) is 36.9. The lowest BCUT2D eigenvalue weighted by atomic mass is 9.56. The molecule has 3 rings (SSSR count). The number of rotatable bonds is 7. The fourth-order valence-electron chi connectivity index (χ4n) is 7.92. The van der Waals surface area contributed by atoms with Crippen LogP contribution in [0.4, 0.5) is 0 Å². The molecule has 3 aliphatic rings. The van der Waals surface area contributed by atoms with E-state index in [4.69, 9.17) is 0 Å². The van der Waals surface area contributed by atoms with Crippen molar-refractivity contribution in [2.45, 2.75) is 138 Å². The van der Waals surface area contributed by atoms with Gasteiger partial charge in [-0.3, -0.25) is 0 Å². The number of fused-ring (bicyclic) bond motifs is 3. The molecule has 0 aromatic heterocycles. The lowest BCUT2D eigenvalue weighted by molar-refractivity contribution is 0.00606. The molecule has 0 heterocycles. The van der Waals surface area contributed by atoms with Crippen molar-refractivity contribution in [1.29, 1.82) is 0 Å². The van der Waals surface area contributed by atoms with E-state index in [2.05, 4.69) is 47.3 Å². The van der Waals surface area contributed by atoms with Gasteiger partial charge < -0.3 is 0 Å². The van der Waals surface area contributed by atoms with Crippen molar-refractivity contribution in [1.82, 2.24) is 0 Å². The summed E-state index contributed by atoms with van der Waals surface area (Å²) in [5.74, 6) is 5.69. The molecule has 0 radical (unpaired) electrons. The Labute approximate surface area is 203 Å². The van der Waals surface area contributed by atoms with Crippen molar-refractivity contribution < 1.29 is 0 Å². The first-order valence-electron chi connectivity index (χ1n) is 14.6. The summed E-state index contributed by atoms with van der Waals surface area (Å²) in [5, 5.41) is 0. The van der Waals surface area contributed by atoms with E-state index in [0.717, 1.165) is 35.5 Å². The standard InChI is InChI=1S/C30H52.C2H6/c1-22(2)10-7-8-13-27-15-17-29-28-16-14-24(5)21-25(20-23(3)4)11-9-12-26(28)18-19-30(27,29)6;1-2/h14,22,25-29H,3,7-13,15-21H2,1-2,4-6H3;1-2H3/b24-14+;/t25-,26?,27?,28?,29?,30-;/m1./s1. The molecule has 3 aliphatic carbocycles. The third kappa shape index (κ3) is 7.50. The quantitative estimate of drug-likeness (QED) is 0.271. The summed E-state index contributed by atoms with van der Waals surface area (Å²) < 4.78 is 0. The van der Waals surface area contributed by atoms with Gasteiger partial charge in [0.1, 0.15) is 0 Å². The molecule has 2 fully saturated rings. The van der Waals surface area contributed by atoms with Gasteiger partial charge >= 0.3 is 0 Å². The second-order valence-electron chi connectivity index (χ2n) is 12.5. The van der Waals surface area contributed by atoms with Crippen molar-refractivity contribution in [3.05, 3.63) is 23.8 Å². The molecular weight excluding hydrogens is 384 g/mol. The van der Waals surface area contributed by atoms with E-state index in [9.17, 15) is 0 Å². The minimum Gasteiger partial charge on any atom is -0.100 e. The van der Waals surface area contributed by atoms with Crippen LogP contribution < -0.4 is 0 Å². The first kappa shape index (κ1) is 27.7. The first-order chi connectivity index (χ1) is 15.3. The van der Waals surface area contributed by atoms with Crippen LogP contribution in [0.3, 0.4) is 0 Å². The van der Waals surface area contributed by atoms with Crippen LogP contribution >= 0.6 is 0 Å². The van der Waals surface area contributed by atoms with Gasteiger partial charge in [0.25, 0.3) is 0 Å². The van der Waals surface area contributed by atoms with Gasteiger partial charge in [-0.1, -0.05) is 83.9 Å². The minimum atomic E-state index is 0.646. The molecule has 186 valence electrons. The van der Waals surface area contributed by atoms with E-state index in [-0.39, 0.29) is 0 Å². The van der Waals surface area contributed by atoms with Gasteiger partial charge in [-0.15, -0.1) is 6.58 Å². The average Bonchev–Trinajstić information content (AvgIpc) is 3.07. The van der Waals surface area contributed by atoms with Crippen LogP contribution in [0.15, 0.2) is 23.8 Å². The summed E-state index contributed by atoms with van der Waals surface area (Å²) in [4.78, 5) is 0. The summed E-state index contributed by atoms with van der Waals surface area (Å²) >= 11 is 0. The third-order valence-corrected chi connectivity index (χ3v) is 9.54. The monoisotopic (exact) mass is 442 g/mol. The second-order valence-corrected chi connectivity index (χ2v) is 12.5. The fraction of sp³-hybridized carbons (Fsp3) is 0.875. The van der Waals surface area contributed by atoms with E-state index in [1.54, 1.807) is 5.57 Å². The molecule has 2 saturated carbocycles. The predicted octanol–water partition coefficient (Wildman–Crippen LogP) is 10.8. The molecule has 0 nitrogen and oxygen atoms in total. The Hall–Kier alpha value is -0.520. The Kier molecular flexibility index (Phi) is 11.6. The number of hydrogen-bond donors (Lipinski definition) is 0. The Balaban J connectivity index is 0.00000176. The zero-order valence-electron chi connectivity index (χ0n) is 23.1. The Bertz CT molecular complexity index is 581. The van der Waals surface area contributed by atoms with Gasteiger partial charge in [0, 0.05) is 0 Å². The summed E-state index contributed by atoms with van der Waals surface area (Å²) in [7, 11) is 0. The molecule has 0 aliphatic heterocycles. The second kappa shape index (κ2) is 13.4. The molecule has 0 aromatic carbocycles. The number of hydrogen-bond acceptors (Lipinski definition) is 0. The summed E-state index contributed by atoms with van der Waals surface area (Å²) in [5.41, 5.74) is 3.69. The predicted molar refractivity (Wildman–Crippen MR) is 145 cm³/mol. The van der Waals surface area contributed by atoms with Crippen LogP contribution in [0.25, 0.3) is 0 Å². The van der Waals surface area contributed by atoms with Gasteiger partial charge in [-0.05, 0) is 113 Å². The molecule has 0 spiro atoms. The van der Waals surface area contributed by atoms with Crippen molar-refractivity contribution in [3.63, 3.8) is 0 Å². The van der Waals surface area contributed by atoms with E-state index in [1.165, 1.54) is 95.5 Å². The largest absolute Gasteiger partial charge is 0.100 e. The fourth-order valence-corrected chi connectivity index (χ4v) is 7.92. The van der Waals surface area contributed by atoms with Crippen molar-refractivity contribution in [2.75, 3.05) is 0 Å². The highest BCUT2D eigenvalue weighted by molar-refractivity contribution is 5.08. The average molecular weight is 443 g/mol. The molecule has 6 atom stereocenters. The first-order valence-corrected chi connectivity index (χ1v) is 14.6. The molecular formula is C32H58. The van der Waals surface area contributed by atoms with Gasteiger partial charge in [0.05, 0.1) is 0 Å². The van der Waals surface area contributed by atoms with Gasteiger partial charge in [-0.25, -0.2) is 0 Å². The lowest BCUT2D eigenvalue weighted by Crippen LogP contribution is -2.41. The smallest absolute Gasteiger partial charge is 0.0266 e. The van der Waals surface area contributed by atoms with E-state index in [1.807, 2.05) is 13.8 Å². The Morgan fingerprint density at radius 2 is 1.84 bits per heavy atom. The maximum Gasteiger partial charge on any atom is -0.0266 e. The topological polar surface area (TPSA) is 0 Å². The van der Waals surface area contributed by atoms with Crippen LogP contribution in [0.5, 0.6) is 0 Å². The van der Waals surface area contributed by atoms with Crippen LogP contribution in [0.1, 0.15) is 138 Å².